The molecule has 2 bridgehead atoms. The van der Waals surface area contributed by atoms with E-state index in [1.165, 1.54) is 12.1 Å². The van der Waals surface area contributed by atoms with E-state index in [2.05, 4.69) is 5.32 Å². The lowest BCUT2D eigenvalue weighted by molar-refractivity contribution is -0.402. The molecule has 5 atom stereocenters. The predicted molar refractivity (Wildman–Crippen MR) is 111 cm³/mol. The van der Waals surface area contributed by atoms with Gasteiger partial charge in [0.25, 0.3) is 0 Å². The van der Waals surface area contributed by atoms with Crippen molar-refractivity contribution >= 4 is 23.6 Å². The predicted octanol–water partition coefficient (Wildman–Crippen LogP) is 2.74. The molecule has 1 N–H and O–H groups in total. The molecule has 1 aliphatic heterocycles. The molecule has 1 aromatic heterocycles. The largest absolute Gasteiger partial charge is 0.433 e. The third-order valence-electron chi connectivity index (χ3n) is 6.65. The van der Waals surface area contributed by atoms with Crippen molar-refractivity contribution in [3.8, 4) is 0 Å². The Labute approximate surface area is 183 Å². The van der Waals surface area contributed by atoms with E-state index in [4.69, 9.17) is 4.42 Å². The van der Waals surface area contributed by atoms with Gasteiger partial charge in [0.2, 0.25) is 17.7 Å². The molecule has 2 heterocycles. The number of imide groups is 1. The van der Waals surface area contributed by atoms with Crippen LogP contribution in [0.25, 0.3) is 0 Å². The number of fused-ring (bicyclic) bond motifs is 5. The van der Waals surface area contributed by atoms with Gasteiger partial charge in [0.1, 0.15) is 16.7 Å². The van der Waals surface area contributed by atoms with Gasteiger partial charge in [-0.05, 0) is 29.9 Å². The number of carbonyl (C=O) groups is 3. The van der Waals surface area contributed by atoms with Crippen molar-refractivity contribution in [2.24, 2.45) is 23.7 Å². The third kappa shape index (κ3) is 3.30. The van der Waals surface area contributed by atoms with Gasteiger partial charge in [-0.25, -0.2) is 0 Å². The fourth-order valence-corrected chi connectivity index (χ4v) is 5.22. The smallest absolute Gasteiger partial charge is 0.404 e. The molecule has 1 saturated carbocycles. The second-order valence-electron chi connectivity index (χ2n) is 8.46. The fourth-order valence-electron chi connectivity index (χ4n) is 5.22. The number of nitrogens with one attached hydrogen (secondary N) is 1. The first kappa shape index (κ1) is 20.2. The van der Waals surface area contributed by atoms with Crippen LogP contribution in [0.15, 0.2) is 59.0 Å². The van der Waals surface area contributed by atoms with Crippen molar-refractivity contribution in [2.45, 2.75) is 25.4 Å². The van der Waals surface area contributed by atoms with Crippen molar-refractivity contribution in [1.82, 2.24) is 10.2 Å². The van der Waals surface area contributed by atoms with E-state index in [9.17, 15) is 24.5 Å². The summed E-state index contributed by atoms with van der Waals surface area (Å²) < 4.78 is 5.33. The number of furan rings is 1. The molecule has 5 rings (SSSR count). The number of benzene rings is 1. The van der Waals surface area contributed by atoms with E-state index in [0.717, 1.165) is 16.9 Å². The van der Waals surface area contributed by atoms with Gasteiger partial charge in [-0.1, -0.05) is 42.5 Å². The Balaban J connectivity index is 1.40. The summed E-state index contributed by atoms with van der Waals surface area (Å²) in [4.78, 5) is 50.8. The number of allylic oxidation sites excluding steroid dienone is 2. The molecule has 9 heteroatoms. The molecule has 164 valence electrons. The molecule has 5 unspecified atom stereocenters. The number of nitro groups is 1. The van der Waals surface area contributed by atoms with Gasteiger partial charge in [-0.15, -0.1) is 0 Å². The number of amides is 3. The Bertz CT molecular complexity index is 1090. The Morgan fingerprint density at radius 2 is 1.75 bits per heavy atom. The minimum atomic E-state index is -1.04. The maximum atomic E-state index is 13.3. The highest BCUT2D eigenvalue weighted by molar-refractivity contribution is 6.07. The van der Waals surface area contributed by atoms with E-state index in [1.807, 2.05) is 42.5 Å². The van der Waals surface area contributed by atoms with Crippen LogP contribution in [0.1, 0.15) is 30.2 Å². The molecule has 2 aromatic rings. The zero-order chi connectivity index (χ0) is 22.4. The highest BCUT2D eigenvalue weighted by atomic mass is 16.6. The molecule has 3 aliphatic rings. The van der Waals surface area contributed by atoms with Crippen LogP contribution < -0.4 is 5.32 Å². The van der Waals surface area contributed by atoms with Gasteiger partial charge in [0.15, 0.2) is 0 Å². The van der Waals surface area contributed by atoms with Gasteiger partial charge in [0, 0.05) is 6.54 Å². The fraction of sp³-hybridized carbons (Fsp3) is 0.348. The van der Waals surface area contributed by atoms with Gasteiger partial charge in [0.05, 0.1) is 24.3 Å². The average molecular weight is 435 g/mol. The molecule has 32 heavy (non-hydrogen) atoms. The lowest BCUT2D eigenvalue weighted by Crippen LogP contribution is -2.39. The highest BCUT2D eigenvalue weighted by Gasteiger charge is 2.61. The van der Waals surface area contributed by atoms with Gasteiger partial charge in [-0.2, -0.15) is 0 Å². The van der Waals surface area contributed by atoms with Crippen molar-refractivity contribution < 1.29 is 23.7 Å². The van der Waals surface area contributed by atoms with Crippen LogP contribution in [-0.4, -0.2) is 27.5 Å². The van der Waals surface area contributed by atoms with Gasteiger partial charge >= 0.3 is 5.88 Å². The normalized spacial score (nSPS) is 26.4. The van der Waals surface area contributed by atoms with Crippen LogP contribution in [-0.2, 0) is 20.9 Å². The van der Waals surface area contributed by atoms with Crippen LogP contribution in [0.5, 0.6) is 0 Å². The van der Waals surface area contributed by atoms with E-state index < -0.39 is 34.6 Å². The zero-order valence-electron chi connectivity index (χ0n) is 17.0. The summed E-state index contributed by atoms with van der Waals surface area (Å²) in [6.07, 6.45) is 4.52. The Morgan fingerprint density at radius 3 is 2.34 bits per heavy atom. The minimum Gasteiger partial charge on any atom is -0.404 e. The van der Waals surface area contributed by atoms with Crippen molar-refractivity contribution in [2.75, 3.05) is 0 Å². The zero-order valence-corrected chi connectivity index (χ0v) is 17.0. The number of carbonyl (C=O) groups excluding carboxylic acids is 3. The maximum absolute atomic E-state index is 13.3. The van der Waals surface area contributed by atoms with E-state index >= 15 is 0 Å². The Kier molecular flexibility index (Phi) is 4.88. The Morgan fingerprint density at radius 1 is 1.09 bits per heavy atom. The van der Waals surface area contributed by atoms with Crippen LogP contribution in [0.3, 0.4) is 0 Å². The molecule has 1 aromatic carbocycles. The van der Waals surface area contributed by atoms with E-state index in [1.54, 1.807) is 0 Å². The van der Waals surface area contributed by atoms with Crippen molar-refractivity contribution in [3.05, 3.63) is 76.1 Å². The van der Waals surface area contributed by atoms with E-state index in [-0.39, 0.29) is 42.4 Å². The summed E-state index contributed by atoms with van der Waals surface area (Å²) in [7, 11) is 0. The lowest BCUT2D eigenvalue weighted by atomic mass is 9.85. The number of rotatable bonds is 7. The third-order valence-corrected chi connectivity index (χ3v) is 6.65. The highest BCUT2D eigenvalue weighted by Crippen LogP contribution is 2.54. The standard InChI is InChI=1S/C23H21N3O6/c27-18(24-12-13-4-2-1-3-5-13)11-16(17-8-9-19(32-17)26(30)31)25-22(28)20-14-6-7-15(10-14)21(20)23(25)29/h1-9,14-16,20-21H,10-12H2,(H,24,27). The first-order valence-corrected chi connectivity index (χ1v) is 10.5. The summed E-state index contributed by atoms with van der Waals surface area (Å²) in [6, 6.07) is 10.8. The molecule has 0 spiro atoms. The van der Waals surface area contributed by atoms with Crippen LogP contribution in [0.2, 0.25) is 0 Å². The summed E-state index contributed by atoms with van der Waals surface area (Å²) >= 11 is 0. The van der Waals surface area contributed by atoms with Crippen LogP contribution in [0.4, 0.5) is 5.88 Å². The molecule has 9 nitrogen and oxygen atoms in total. The average Bonchev–Trinajstić information content (AvgIpc) is 3.56. The molecule has 2 aliphatic carbocycles. The second kappa shape index (κ2) is 7.74. The summed E-state index contributed by atoms with van der Waals surface area (Å²) in [5.74, 6) is -2.35. The molecule has 1 saturated heterocycles. The van der Waals surface area contributed by atoms with Crippen LogP contribution >= 0.6 is 0 Å². The summed E-state index contributed by atoms with van der Waals surface area (Å²) in [5, 5.41) is 13.9. The number of nitrogens with zero attached hydrogens (tertiary/aromatic N) is 2. The van der Waals surface area contributed by atoms with Crippen molar-refractivity contribution in [3.63, 3.8) is 0 Å². The number of hydrogen-bond donors (Lipinski definition) is 1. The lowest BCUT2D eigenvalue weighted by Gasteiger charge is -2.25. The molecule has 3 amide bonds. The van der Waals surface area contributed by atoms with Crippen LogP contribution in [0, 0.1) is 33.8 Å². The molecule has 0 radical (unpaired) electrons. The molecular formula is C23H21N3O6. The molecular weight excluding hydrogens is 414 g/mol. The van der Waals surface area contributed by atoms with E-state index in [0.29, 0.717) is 0 Å². The monoisotopic (exact) mass is 435 g/mol. The summed E-state index contributed by atoms with van der Waals surface area (Å²) in [5.41, 5.74) is 0.900. The number of hydrogen-bond acceptors (Lipinski definition) is 6. The second-order valence-corrected chi connectivity index (χ2v) is 8.46. The van der Waals surface area contributed by atoms with Gasteiger partial charge in [-0.3, -0.25) is 29.4 Å². The first-order chi connectivity index (χ1) is 15.4. The quantitative estimate of drug-likeness (QED) is 0.309. The first-order valence-electron chi connectivity index (χ1n) is 10.5. The summed E-state index contributed by atoms with van der Waals surface area (Å²) in [6.45, 7) is 0.284. The minimum absolute atomic E-state index is 0.0185. The maximum Gasteiger partial charge on any atom is 0.433 e. The Hall–Kier alpha value is -3.75. The van der Waals surface area contributed by atoms with Gasteiger partial charge < -0.3 is 9.73 Å². The topological polar surface area (TPSA) is 123 Å². The van der Waals surface area contributed by atoms with Crippen molar-refractivity contribution in [1.29, 1.82) is 0 Å². The molecule has 2 fully saturated rings. The SMILES string of the molecule is O=C(CC(c1ccc([N+](=O)[O-])o1)N1C(=O)C2C3C=CC(C3)C2C1=O)NCc1ccccc1. The number of likely N-dealkylation sites (tertiary alicyclic amines) is 1.